The highest BCUT2D eigenvalue weighted by molar-refractivity contribution is 5.82. The number of aromatic nitrogens is 3. The summed E-state index contributed by atoms with van der Waals surface area (Å²) in [7, 11) is 0. The zero-order valence-corrected chi connectivity index (χ0v) is 8.79. The lowest BCUT2D eigenvalue weighted by Crippen LogP contribution is -2.26. The Kier molecular flexibility index (Phi) is 2.46. The largest absolute Gasteiger partial charge is 0.475 e. The number of carboxylic acids is 1. The molecule has 0 saturated heterocycles. The first-order valence-electron chi connectivity index (χ1n) is 5.28. The molecule has 15 heavy (non-hydrogen) atoms. The van der Waals surface area contributed by atoms with Crippen LogP contribution >= 0.6 is 0 Å². The Morgan fingerprint density at radius 1 is 1.40 bits per heavy atom. The van der Waals surface area contributed by atoms with Gasteiger partial charge in [0.1, 0.15) is 5.82 Å². The Labute approximate surface area is 87.9 Å². The predicted octanol–water partition coefficient (Wildman–Crippen LogP) is 1.72. The van der Waals surface area contributed by atoms with Gasteiger partial charge >= 0.3 is 5.97 Å². The van der Waals surface area contributed by atoms with Crippen LogP contribution in [0.4, 0.5) is 0 Å². The quantitative estimate of drug-likeness (QED) is 0.777. The van der Waals surface area contributed by atoms with E-state index in [0.29, 0.717) is 0 Å². The Hall–Kier alpha value is -1.39. The third kappa shape index (κ3) is 1.86. The number of rotatable bonds is 2. The Morgan fingerprint density at radius 3 is 2.60 bits per heavy atom. The van der Waals surface area contributed by atoms with Gasteiger partial charge in [0.2, 0.25) is 0 Å². The van der Waals surface area contributed by atoms with Crippen molar-refractivity contribution in [3.05, 3.63) is 11.6 Å². The number of carbonyl (C=O) groups is 1. The van der Waals surface area contributed by atoms with Crippen LogP contribution in [0.2, 0.25) is 0 Å². The van der Waals surface area contributed by atoms with Gasteiger partial charge in [-0.25, -0.2) is 9.78 Å². The lowest BCUT2D eigenvalue weighted by molar-refractivity contribution is 0.0684. The first kappa shape index (κ1) is 10.1. The van der Waals surface area contributed by atoms with Gasteiger partial charge in [-0.1, -0.05) is 26.2 Å². The fraction of sp³-hybridized carbons (Fsp3) is 0.700. The molecule has 5 nitrogen and oxygen atoms in total. The molecule has 0 bridgehead atoms. The van der Waals surface area contributed by atoms with Gasteiger partial charge in [0, 0.05) is 5.41 Å². The van der Waals surface area contributed by atoms with E-state index < -0.39 is 5.97 Å². The van der Waals surface area contributed by atoms with Crippen LogP contribution < -0.4 is 0 Å². The molecule has 1 aromatic rings. The smallest absolute Gasteiger partial charge is 0.375 e. The molecule has 0 spiro atoms. The van der Waals surface area contributed by atoms with E-state index in [1.54, 1.807) is 0 Å². The van der Waals surface area contributed by atoms with Crippen LogP contribution in [0.5, 0.6) is 0 Å². The van der Waals surface area contributed by atoms with Crippen molar-refractivity contribution in [2.24, 2.45) is 0 Å². The molecule has 0 atom stereocenters. The van der Waals surface area contributed by atoms with E-state index in [2.05, 4.69) is 22.1 Å². The van der Waals surface area contributed by atoms with Crippen molar-refractivity contribution in [1.29, 1.82) is 0 Å². The topological polar surface area (TPSA) is 78.9 Å². The number of nitrogens with one attached hydrogen (secondary N) is 1. The Bertz CT molecular complexity index is 366. The van der Waals surface area contributed by atoms with Crippen LogP contribution in [0.25, 0.3) is 0 Å². The Balaban J connectivity index is 2.23. The van der Waals surface area contributed by atoms with Gasteiger partial charge < -0.3 is 5.11 Å². The lowest BCUT2D eigenvalue weighted by atomic mass is 9.75. The molecular formula is C10H15N3O2. The summed E-state index contributed by atoms with van der Waals surface area (Å²) in [6.45, 7) is 2.12. The van der Waals surface area contributed by atoms with Gasteiger partial charge in [-0.15, -0.1) is 5.10 Å². The summed E-state index contributed by atoms with van der Waals surface area (Å²) in [4.78, 5) is 14.7. The molecule has 0 radical (unpaired) electrons. The SMILES string of the molecule is CC1(c2nc(C(=O)O)n[nH]2)CCCCC1. The highest BCUT2D eigenvalue weighted by Crippen LogP contribution is 2.36. The summed E-state index contributed by atoms with van der Waals surface area (Å²) in [6.07, 6.45) is 5.73. The maximum Gasteiger partial charge on any atom is 0.375 e. The van der Waals surface area contributed by atoms with Crippen LogP contribution in [0.3, 0.4) is 0 Å². The van der Waals surface area contributed by atoms with Crippen LogP contribution in [0.15, 0.2) is 0 Å². The molecule has 1 aliphatic carbocycles. The molecule has 1 fully saturated rings. The second-order valence-corrected chi connectivity index (χ2v) is 4.43. The predicted molar refractivity (Wildman–Crippen MR) is 53.8 cm³/mol. The van der Waals surface area contributed by atoms with Crippen molar-refractivity contribution in [3.8, 4) is 0 Å². The van der Waals surface area contributed by atoms with Crippen molar-refractivity contribution in [2.75, 3.05) is 0 Å². The van der Waals surface area contributed by atoms with Crippen LogP contribution in [0.1, 0.15) is 55.5 Å². The molecule has 82 valence electrons. The molecule has 1 aromatic heterocycles. The summed E-state index contributed by atoms with van der Waals surface area (Å²) in [5.74, 6) is -0.478. The van der Waals surface area contributed by atoms with E-state index >= 15 is 0 Å². The minimum atomic E-state index is -1.07. The highest BCUT2D eigenvalue weighted by Gasteiger charge is 2.32. The van der Waals surface area contributed by atoms with Gasteiger partial charge in [0.15, 0.2) is 0 Å². The molecule has 0 aliphatic heterocycles. The maximum atomic E-state index is 10.7. The van der Waals surface area contributed by atoms with Gasteiger partial charge in [-0.3, -0.25) is 5.10 Å². The maximum absolute atomic E-state index is 10.7. The number of aromatic amines is 1. The van der Waals surface area contributed by atoms with E-state index in [1.165, 1.54) is 19.3 Å². The summed E-state index contributed by atoms with van der Waals surface area (Å²) in [5, 5.41) is 15.2. The number of aromatic carboxylic acids is 1. The molecule has 1 aliphatic rings. The number of carboxylic acid groups (broad SMARTS) is 1. The van der Waals surface area contributed by atoms with Gasteiger partial charge in [0.25, 0.3) is 5.82 Å². The van der Waals surface area contributed by atoms with Crippen molar-refractivity contribution in [3.63, 3.8) is 0 Å². The monoisotopic (exact) mass is 209 g/mol. The van der Waals surface area contributed by atoms with E-state index in [-0.39, 0.29) is 11.2 Å². The normalized spacial score (nSPS) is 20.1. The van der Waals surface area contributed by atoms with Crippen LogP contribution in [0, 0.1) is 0 Å². The number of nitrogens with zero attached hydrogens (tertiary/aromatic N) is 2. The standard InChI is InChI=1S/C10H15N3O2/c1-10(5-3-2-4-6-10)9-11-7(8(14)15)12-13-9/h2-6H2,1H3,(H,14,15)(H,11,12,13). The van der Waals surface area contributed by atoms with Crippen molar-refractivity contribution in [2.45, 2.75) is 44.4 Å². The zero-order chi connectivity index (χ0) is 10.9. The first-order chi connectivity index (χ1) is 7.12. The fourth-order valence-electron chi connectivity index (χ4n) is 2.20. The third-order valence-corrected chi connectivity index (χ3v) is 3.21. The third-order valence-electron chi connectivity index (χ3n) is 3.21. The molecule has 0 aromatic carbocycles. The van der Waals surface area contributed by atoms with E-state index in [9.17, 15) is 4.79 Å². The summed E-state index contributed by atoms with van der Waals surface area (Å²) < 4.78 is 0. The fourth-order valence-corrected chi connectivity index (χ4v) is 2.20. The van der Waals surface area contributed by atoms with Crippen molar-refractivity contribution in [1.82, 2.24) is 15.2 Å². The minimum absolute atomic E-state index is 0.0149. The summed E-state index contributed by atoms with van der Waals surface area (Å²) >= 11 is 0. The molecule has 1 heterocycles. The zero-order valence-electron chi connectivity index (χ0n) is 8.79. The molecule has 5 heteroatoms. The van der Waals surface area contributed by atoms with Gasteiger partial charge in [0.05, 0.1) is 0 Å². The Morgan fingerprint density at radius 2 is 2.07 bits per heavy atom. The number of hydrogen-bond acceptors (Lipinski definition) is 3. The average Bonchev–Trinajstić information content (AvgIpc) is 2.68. The van der Waals surface area contributed by atoms with Crippen LogP contribution in [-0.4, -0.2) is 26.3 Å². The number of hydrogen-bond donors (Lipinski definition) is 2. The summed E-state index contributed by atoms with van der Waals surface area (Å²) in [5.41, 5.74) is -0.0149. The van der Waals surface area contributed by atoms with Gasteiger partial charge in [-0.05, 0) is 12.8 Å². The minimum Gasteiger partial charge on any atom is -0.475 e. The van der Waals surface area contributed by atoms with E-state index in [0.717, 1.165) is 18.7 Å². The van der Waals surface area contributed by atoms with Crippen molar-refractivity contribution >= 4 is 5.97 Å². The van der Waals surface area contributed by atoms with Crippen LogP contribution in [-0.2, 0) is 5.41 Å². The lowest BCUT2D eigenvalue weighted by Gasteiger charge is -2.30. The molecule has 2 rings (SSSR count). The highest BCUT2D eigenvalue weighted by atomic mass is 16.4. The summed E-state index contributed by atoms with van der Waals surface area (Å²) in [6, 6.07) is 0. The van der Waals surface area contributed by atoms with Crippen molar-refractivity contribution < 1.29 is 9.90 Å². The van der Waals surface area contributed by atoms with E-state index in [1.807, 2.05) is 0 Å². The van der Waals surface area contributed by atoms with E-state index in [4.69, 9.17) is 5.11 Å². The molecule has 0 unspecified atom stereocenters. The second-order valence-electron chi connectivity index (χ2n) is 4.43. The second kappa shape index (κ2) is 3.64. The number of H-pyrrole nitrogens is 1. The molecule has 1 saturated carbocycles. The first-order valence-corrected chi connectivity index (χ1v) is 5.28. The molecule has 2 N–H and O–H groups in total. The molecule has 0 amide bonds. The molecular weight excluding hydrogens is 194 g/mol. The average molecular weight is 209 g/mol. The van der Waals surface area contributed by atoms with Gasteiger partial charge in [-0.2, -0.15) is 0 Å².